The average Bonchev–Trinajstić information content (AvgIpc) is 2.77. The lowest BCUT2D eigenvalue weighted by molar-refractivity contribution is -0.118. The third-order valence-electron chi connectivity index (χ3n) is 6.06. The molecule has 2 heterocycles. The third-order valence-corrected chi connectivity index (χ3v) is 6.98. The van der Waals surface area contributed by atoms with Crippen LogP contribution in [0.2, 0.25) is 0 Å². The number of benzene rings is 2. The van der Waals surface area contributed by atoms with Gasteiger partial charge in [0, 0.05) is 34.9 Å². The first kappa shape index (κ1) is 20.8. The van der Waals surface area contributed by atoms with Gasteiger partial charge in [-0.2, -0.15) is 0 Å². The van der Waals surface area contributed by atoms with Crippen molar-refractivity contribution < 1.29 is 4.79 Å². The van der Waals surface area contributed by atoms with Crippen molar-refractivity contribution in [2.24, 2.45) is 5.41 Å². The Morgan fingerprint density at radius 1 is 1.03 bits per heavy atom. The number of ketones is 1. The molecule has 3 aromatic rings. The average molecular weight is 443 g/mol. The van der Waals surface area contributed by atoms with E-state index in [0.717, 1.165) is 34.6 Å². The van der Waals surface area contributed by atoms with E-state index in [9.17, 15) is 4.79 Å². The lowest BCUT2D eigenvalue weighted by Crippen LogP contribution is -2.34. The monoisotopic (exact) mass is 442 g/mol. The number of carbonyl (C=O) groups is 1. The van der Waals surface area contributed by atoms with Gasteiger partial charge in [0.15, 0.2) is 10.9 Å². The van der Waals surface area contributed by atoms with Crippen molar-refractivity contribution in [1.29, 1.82) is 0 Å². The minimum absolute atomic E-state index is 0.0921. The highest BCUT2D eigenvalue weighted by atomic mass is 32.2. The topological polar surface area (TPSA) is 80.9 Å². The highest BCUT2D eigenvalue weighted by Gasteiger charge is 2.42. The molecule has 162 valence electrons. The van der Waals surface area contributed by atoms with Crippen molar-refractivity contribution in [2.75, 3.05) is 11.1 Å². The van der Waals surface area contributed by atoms with Gasteiger partial charge in [-0.15, -0.1) is 0 Å². The largest absolute Gasteiger partial charge is 0.383 e. The first-order valence-corrected chi connectivity index (χ1v) is 11.8. The molecule has 0 radical (unpaired) electrons. The second-order valence-corrected chi connectivity index (χ2v) is 10.2. The van der Waals surface area contributed by atoms with E-state index in [1.165, 1.54) is 5.56 Å². The van der Waals surface area contributed by atoms with Crippen LogP contribution in [0.1, 0.15) is 49.3 Å². The molecule has 1 atom stereocenters. The minimum atomic E-state index is -0.251. The lowest BCUT2D eigenvalue weighted by Gasteiger charge is -2.39. The van der Waals surface area contributed by atoms with Crippen LogP contribution < -0.4 is 11.1 Å². The standard InChI is InChI=1S/C26H26N4OS/c1-26(2)13-18-21(19(31)14-26)20(17-11-7-4-8-12-17)22-23(27)29-25(30-24(22)28-18)32-15-16-9-5-3-6-10-16/h3-12,20H,13-15H2,1-2H3,(H3,27,28,29,30). The van der Waals surface area contributed by atoms with E-state index in [0.29, 0.717) is 23.2 Å². The number of nitrogens with two attached hydrogens (primary N) is 1. The molecule has 0 fully saturated rings. The summed E-state index contributed by atoms with van der Waals surface area (Å²) in [7, 11) is 0. The Hall–Kier alpha value is -3.12. The van der Waals surface area contributed by atoms with Gasteiger partial charge in [-0.3, -0.25) is 4.79 Å². The summed E-state index contributed by atoms with van der Waals surface area (Å²) in [4.78, 5) is 22.8. The molecule has 3 N–H and O–H groups in total. The second-order valence-electron chi connectivity index (χ2n) is 9.23. The van der Waals surface area contributed by atoms with E-state index < -0.39 is 0 Å². The Bertz CT molecular complexity index is 1210. The van der Waals surface area contributed by atoms with E-state index in [1.54, 1.807) is 11.8 Å². The number of thioether (sulfide) groups is 1. The second kappa shape index (κ2) is 8.10. The Labute approximate surface area is 192 Å². The van der Waals surface area contributed by atoms with Crippen LogP contribution >= 0.6 is 11.8 Å². The molecule has 1 aromatic heterocycles. The number of fused-ring (bicyclic) bond motifs is 1. The fourth-order valence-electron chi connectivity index (χ4n) is 4.68. The van der Waals surface area contributed by atoms with E-state index >= 15 is 0 Å². The van der Waals surface area contributed by atoms with Crippen molar-refractivity contribution in [1.82, 2.24) is 9.97 Å². The number of Topliss-reactive ketones (excluding diaryl/α,β-unsaturated/α-hetero) is 1. The minimum Gasteiger partial charge on any atom is -0.383 e. The fourth-order valence-corrected chi connectivity index (χ4v) is 5.49. The highest BCUT2D eigenvalue weighted by molar-refractivity contribution is 7.98. The highest BCUT2D eigenvalue weighted by Crippen LogP contribution is 2.50. The molecule has 5 nitrogen and oxygen atoms in total. The summed E-state index contributed by atoms with van der Waals surface area (Å²) < 4.78 is 0. The number of hydrogen-bond donors (Lipinski definition) is 2. The predicted octanol–water partition coefficient (Wildman–Crippen LogP) is 5.55. The van der Waals surface area contributed by atoms with Gasteiger partial charge >= 0.3 is 0 Å². The molecule has 1 aliphatic carbocycles. The van der Waals surface area contributed by atoms with Crippen LogP contribution in [0, 0.1) is 5.41 Å². The lowest BCUT2D eigenvalue weighted by atomic mass is 9.69. The molecule has 5 rings (SSSR count). The van der Waals surface area contributed by atoms with Gasteiger partial charge < -0.3 is 11.1 Å². The molecular weight excluding hydrogens is 416 g/mol. The number of aromatic nitrogens is 2. The van der Waals surface area contributed by atoms with Gasteiger partial charge in [0.05, 0.1) is 0 Å². The van der Waals surface area contributed by atoms with Gasteiger partial charge in [0.25, 0.3) is 0 Å². The summed E-state index contributed by atoms with van der Waals surface area (Å²) in [5.74, 6) is 1.83. The maximum Gasteiger partial charge on any atom is 0.191 e. The molecule has 1 aliphatic heterocycles. The first-order valence-electron chi connectivity index (χ1n) is 10.8. The van der Waals surface area contributed by atoms with Gasteiger partial charge in [-0.25, -0.2) is 9.97 Å². The van der Waals surface area contributed by atoms with Crippen LogP contribution in [0.4, 0.5) is 11.6 Å². The third kappa shape index (κ3) is 3.91. The molecule has 32 heavy (non-hydrogen) atoms. The predicted molar refractivity (Wildman–Crippen MR) is 129 cm³/mol. The van der Waals surface area contributed by atoms with Gasteiger partial charge in [-0.05, 0) is 23.0 Å². The maximum atomic E-state index is 13.3. The normalized spacial score (nSPS) is 19.2. The summed E-state index contributed by atoms with van der Waals surface area (Å²) in [6, 6.07) is 20.3. The van der Waals surface area contributed by atoms with Crippen LogP contribution in [-0.2, 0) is 10.5 Å². The number of rotatable bonds is 4. The summed E-state index contributed by atoms with van der Waals surface area (Å²) in [5, 5.41) is 4.11. The molecule has 0 spiro atoms. The molecule has 6 heteroatoms. The van der Waals surface area contributed by atoms with E-state index in [1.807, 2.05) is 36.4 Å². The van der Waals surface area contributed by atoms with Crippen LogP contribution in [0.25, 0.3) is 0 Å². The molecular formula is C26H26N4OS. The molecule has 2 aromatic carbocycles. The van der Waals surface area contributed by atoms with Crippen molar-refractivity contribution in [3.8, 4) is 0 Å². The van der Waals surface area contributed by atoms with Crippen LogP contribution in [-0.4, -0.2) is 15.8 Å². The molecule has 1 unspecified atom stereocenters. The summed E-state index contributed by atoms with van der Waals surface area (Å²) >= 11 is 1.56. The van der Waals surface area contributed by atoms with E-state index in [-0.39, 0.29) is 17.1 Å². The zero-order valence-corrected chi connectivity index (χ0v) is 19.1. The number of nitrogens with zero attached hydrogens (tertiary/aromatic N) is 2. The van der Waals surface area contributed by atoms with Crippen molar-refractivity contribution >= 4 is 29.2 Å². The Balaban J connectivity index is 1.58. The van der Waals surface area contributed by atoms with E-state index in [2.05, 4.69) is 48.4 Å². The zero-order chi connectivity index (χ0) is 22.3. The quantitative estimate of drug-likeness (QED) is 0.407. The maximum absolute atomic E-state index is 13.3. The number of allylic oxidation sites excluding steroid dienone is 2. The number of nitrogens with one attached hydrogen (secondary N) is 1. The molecule has 0 amide bonds. The SMILES string of the molecule is CC1(C)CC(=O)C2=C(C1)Nc1nc(SCc3ccccc3)nc(N)c1C2c1ccccc1. The molecule has 0 saturated carbocycles. The van der Waals surface area contributed by atoms with Gasteiger partial charge in [0.2, 0.25) is 0 Å². The Kier molecular flexibility index (Phi) is 5.25. The van der Waals surface area contributed by atoms with Gasteiger partial charge in [0.1, 0.15) is 11.6 Å². The van der Waals surface area contributed by atoms with Crippen LogP contribution in [0.3, 0.4) is 0 Å². The molecule has 0 saturated heterocycles. The summed E-state index contributed by atoms with van der Waals surface area (Å²) in [5.41, 5.74) is 11.2. The van der Waals surface area contributed by atoms with Crippen molar-refractivity contribution in [3.05, 3.63) is 88.6 Å². The smallest absolute Gasteiger partial charge is 0.191 e. The summed E-state index contributed by atoms with van der Waals surface area (Å²) in [6.07, 6.45) is 1.32. The van der Waals surface area contributed by atoms with E-state index in [4.69, 9.17) is 10.7 Å². The fraction of sp³-hybridized carbons (Fsp3) is 0.269. The van der Waals surface area contributed by atoms with Crippen LogP contribution in [0.5, 0.6) is 0 Å². The summed E-state index contributed by atoms with van der Waals surface area (Å²) in [6.45, 7) is 4.28. The zero-order valence-electron chi connectivity index (χ0n) is 18.3. The van der Waals surface area contributed by atoms with Crippen molar-refractivity contribution in [3.63, 3.8) is 0 Å². The number of carbonyl (C=O) groups excluding carboxylic acids is 1. The van der Waals surface area contributed by atoms with Gasteiger partial charge in [-0.1, -0.05) is 86.3 Å². The Morgan fingerprint density at radius 2 is 1.72 bits per heavy atom. The van der Waals surface area contributed by atoms with Crippen LogP contribution in [0.15, 0.2) is 77.1 Å². The van der Waals surface area contributed by atoms with Crippen molar-refractivity contribution in [2.45, 2.75) is 43.5 Å². The number of hydrogen-bond acceptors (Lipinski definition) is 6. The Morgan fingerprint density at radius 3 is 2.44 bits per heavy atom. The number of anilines is 2. The first-order chi connectivity index (χ1) is 15.4. The molecule has 0 bridgehead atoms. The number of nitrogen functional groups attached to an aromatic ring is 1. The molecule has 2 aliphatic rings.